The molecule has 2 aliphatic heterocycles. The van der Waals surface area contributed by atoms with Gasteiger partial charge in [0.1, 0.15) is 5.84 Å². The fourth-order valence-electron chi connectivity index (χ4n) is 11.6. The number of methoxy groups -OCH3 is 1. The number of nitrogens with one attached hydrogen (secondary N) is 1. The summed E-state index contributed by atoms with van der Waals surface area (Å²) >= 11 is 13.5. The van der Waals surface area contributed by atoms with Gasteiger partial charge in [-0.15, -0.1) is 23.2 Å². The van der Waals surface area contributed by atoms with Crippen LogP contribution in [0.25, 0.3) is 0 Å². The molecule has 0 aromatic carbocycles. The summed E-state index contributed by atoms with van der Waals surface area (Å²) in [6.45, 7) is 0.490. The summed E-state index contributed by atoms with van der Waals surface area (Å²) in [6.07, 6.45) is 14.9. The first-order valence-electron chi connectivity index (χ1n) is 19.8. The number of alkyl halides is 2. The first kappa shape index (κ1) is 36.9. The number of hydrogen-bond acceptors (Lipinski definition) is 7. The van der Waals surface area contributed by atoms with Crippen molar-refractivity contribution >= 4 is 56.7 Å². The van der Waals surface area contributed by atoms with E-state index in [0.29, 0.717) is 45.1 Å². The molecule has 2 amide bonds. The van der Waals surface area contributed by atoms with Crippen LogP contribution in [0.4, 0.5) is 0 Å². The lowest BCUT2D eigenvalue weighted by Crippen LogP contribution is -2.55. The average Bonchev–Trinajstić information content (AvgIpc) is 3.71. The van der Waals surface area contributed by atoms with E-state index in [2.05, 4.69) is 10.2 Å². The maximum absolute atomic E-state index is 15.0. The van der Waals surface area contributed by atoms with E-state index in [1.54, 1.807) is 0 Å². The van der Waals surface area contributed by atoms with Crippen molar-refractivity contribution in [2.45, 2.75) is 155 Å². The Hall–Kier alpha value is -1.39. The lowest BCUT2D eigenvalue weighted by molar-refractivity contribution is -0.146. The zero-order chi connectivity index (χ0) is 35.2. The Labute approximate surface area is 308 Å². The molecule has 7 rings (SSSR count). The van der Waals surface area contributed by atoms with Crippen LogP contribution >= 0.6 is 23.2 Å². The standard InChI is InChI=1S/C38H57Cl2N3O6S/c1-49-38(46)23-11-15-28(16-12-23)50(47,48)32-21-31(29-7-2-3-8-30(29)32)36-42-34(24-5-4-6-27(40)19-24)35(22-9-13-26(39)14-10-22)43(36)37(45)25-17-18-41-33(44)20-25/h22-32,34-35H,2-21H2,1H3,(H,41,44). The van der Waals surface area contributed by atoms with Crippen molar-refractivity contribution in [1.29, 1.82) is 0 Å². The SMILES string of the molecule is COC(=O)C1CCC(S(=O)(=O)C2CC(C3=NC(C4CCCC(Cl)C4)C(C4CCC(Cl)CC4)N3C(=O)C3CCNC(=O)C3)C3CCCCC32)CC1. The topological polar surface area (TPSA) is 122 Å². The molecule has 5 saturated carbocycles. The van der Waals surface area contributed by atoms with Gasteiger partial charge in [0.2, 0.25) is 11.8 Å². The number of aliphatic imine (C=N–C) groups is 1. The Bertz CT molecular complexity index is 1410. The molecule has 9 atom stereocenters. The van der Waals surface area contributed by atoms with E-state index in [4.69, 9.17) is 32.9 Å². The average molecular weight is 755 g/mol. The summed E-state index contributed by atoms with van der Waals surface area (Å²) in [5.41, 5.74) is 0. The quantitative estimate of drug-likeness (QED) is 0.236. The minimum atomic E-state index is -3.49. The number of sulfone groups is 1. The van der Waals surface area contributed by atoms with Crippen molar-refractivity contribution in [1.82, 2.24) is 10.2 Å². The van der Waals surface area contributed by atoms with Crippen molar-refractivity contribution in [3.63, 3.8) is 0 Å². The Balaban J connectivity index is 1.24. The summed E-state index contributed by atoms with van der Waals surface area (Å²) in [7, 11) is -2.09. The Morgan fingerprint density at radius 2 is 1.52 bits per heavy atom. The molecule has 12 heteroatoms. The van der Waals surface area contributed by atoms with Gasteiger partial charge in [-0.3, -0.25) is 24.3 Å². The molecule has 0 aromatic rings. The fourth-order valence-corrected chi connectivity index (χ4v) is 14.9. The van der Waals surface area contributed by atoms with Crippen molar-refractivity contribution in [3.05, 3.63) is 0 Å². The fraction of sp³-hybridized carbons (Fsp3) is 0.895. The van der Waals surface area contributed by atoms with Crippen LogP contribution in [-0.2, 0) is 29.0 Å². The van der Waals surface area contributed by atoms with E-state index in [1.807, 2.05) is 0 Å². The van der Waals surface area contributed by atoms with E-state index >= 15 is 0 Å². The monoisotopic (exact) mass is 753 g/mol. The molecule has 0 spiro atoms. The maximum atomic E-state index is 15.0. The number of carbonyl (C=O) groups is 3. The highest BCUT2D eigenvalue weighted by Gasteiger charge is 2.58. The molecule has 5 aliphatic carbocycles. The first-order chi connectivity index (χ1) is 24.1. The van der Waals surface area contributed by atoms with Gasteiger partial charge in [-0.05, 0) is 120 Å². The summed E-state index contributed by atoms with van der Waals surface area (Å²) in [4.78, 5) is 47.6. The second-order valence-corrected chi connectivity index (χ2v) is 20.5. The molecule has 6 fully saturated rings. The molecule has 1 N–H and O–H groups in total. The number of piperidine rings is 1. The number of amidine groups is 1. The van der Waals surface area contributed by atoms with Gasteiger partial charge in [0.05, 0.1) is 35.6 Å². The van der Waals surface area contributed by atoms with Gasteiger partial charge in [0, 0.05) is 35.6 Å². The molecule has 9 unspecified atom stereocenters. The maximum Gasteiger partial charge on any atom is 0.308 e. The Morgan fingerprint density at radius 3 is 2.20 bits per heavy atom. The van der Waals surface area contributed by atoms with Crippen molar-refractivity contribution in [3.8, 4) is 0 Å². The zero-order valence-corrected chi connectivity index (χ0v) is 32.0. The van der Waals surface area contributed by atoms with Gasteiger partial charge in [0.15, 0.2) is 9.84 Å². The smallest absolute Gasteiger partial charge is 0.308 e. The highest BCUT2D eigenvalue weighted by molar-refractivity contribution is 7.92. The predicted molar refractivity (Wildman–Crippen MR) is 195 cm³/mol. The van der Waals surface area contributed by atoms with Gasteiger partial charge in [-0.25, -0.2) is 8.42 Å². The third kappa shape index (κ3) is 7.25. The van der Waals surface area contributed by atoms with Crippen LogP contribution in [-0.4, -0.2) is 83.9 Å². The van der Waals surface area contributed by atoms with Gasteiger partial charge in [-0.2, -0.15) is 0 Å². The van der Waals surface area contributed by atoms with Gasteiger partial charge in [-0.1, -0.05) is 19.3 Å². The number of esters is 1. The van der Waals surface area contributed by atoms with E-state index in [9.17, 15) is 22.8 Å². The third-order valence-electron chi connectivity index (χ3n) is 14.1. The summed E-state index contributed by atoms with van der Waals surface area (Å²) in [6, 6.07) is -0.180. The lowest BCUT2D eigenvalue weighted by Gasteiger charge is -2.43. The highest BCUT2D eigenvalue weighted by atomic mass is 35.5. The summed E-state index contributed by atoms with van der Waals surface area (Å²) in [5.74, 6) is 0.488. The first-order valence-corrected chi connectivity index (χ1v) is 22.3. The van der Waals surface area contributed by atoms with Crippen LogP contribution in [0, 0.1) is 41.4 Å². The number of rotatable bonds is 7. The number of fused-ring (bicyclic) bond motifs is 1. The van der Waals surface area contributed by atoms with Crippen molar-refractivity contribution < 1.29 is 27.5 Å². The van der Waals surface area contributed by atoms with Crippen LogP contribution in [0.1, 0.15) is 122 Å². The molecule has 0 aromatic heterocycles. The van der Waals surface area contributed by atoms with Crippen molar-refractivity contribution in [2.75, 3.05) is 13.7 Å². The van der Waals surface area contributed by atoms with E-state index in [-0.39, 0.29) is 82.5 Å². The van der Waals surface area contributed by atoms with E-state index in [1.165, 1.54) is 7.11 Å². The molecule has 1 saturated heterocycles. The summed E-state index contributed by atoms with van der Waals surface area (Å²) < 4.78 is 34.2. The van der Waals surface area contributed by atoms with E-state index in [0.717, 1.165) is 82.9 Å². The minimum Gasteiger partial charge on any atom is -0.469 e. The van der Waals surface area contributed by atoms with Crippen LogP contribution in [0.5, 0.6) is 0 Å². The van der Waals surface area contributed by atoms with E-state index < -0.39 is 26.3 Å². The number of hydrogen-bond donors (Lipinski definition) is 1. The zero-order valence-electron chi connectivity index (χ0n) is 29.7. The van der Waals surface area contributed by atoms with Crippen LogP contribution in [0.2, 0.25) is 0 Å². The number of ether oxygens (including phenoxy) is 1. The predicted octanol–water partition coefficient (Wildman–Crippen LogP) is 6.43. The van der Waals surface area contributed by atoms with Crippen LogP contribution < -0.4 is 5.32 Å². The normalized spacial score (nSPS) is 42.7. The minimum absolute atomic E-state index is 0.0112. The second kappa shape index (κ2) is 15.5. The molecule has 280 valence electrons. The lowest BCUT2D eigenvalue weighted by atomic mass is 9.73. The molecule has 2 heterocycles. The molecular formula is C38H57Cl2N3O6S. The third-order valence-corrected chi connectivity index (χ3v) is 17.7. The molecule has 7 aliphatic rings. The molecule has 9 nitrogen and oxygen atoms in total. The molecule has 50 heavy (non-hydrogen) atoms. The largest absolute Gasteiger partial charge is 0.469 e. The van der Waals surface area contributed by atoms with Crippen LogP contribution in [0.15, 0.2) is 4.99 Å². The van der Waals surface area contributed by atoms with Gasteiger partial charge in [0.25, 0.3) is 0 Å². The second-order valence-electron chi connectivity index (χ2n) is 16.8. The molecular weight excluding hydrogens is 697 g/mol. The number of nitrogens with zero attached hydrogens (tertiary/aromatic N) is 2. The number of halogens is 2. The Morgan fingerprint density at radius 1 is 0.800 bits per heavy atom. The number of carbonyl (C=O) groups excluding carboxylic acids is 3. The molecule has 0 bridgehead atoms. The number of amides is 2. The highest BCUT2D eigenvalue weighted by Crippen LogP contribution is 2.53. The molecule has 0 radical (unpaired) electrons. The van der Waals surface area contributed by atoms with Crippen LogP contribution in [0.3, 0.4) is 0 Å². The van der Waals surface area contributed by atoms with Crippen molar-refractivity contribution in [2.24, 2.45) is 46.4 Å². The van der Waals surface area contributed by atoms with Gasteiger partial charge >= 0.3 is 5.97 Å². The Kier molecular flexibility index (Phi) is 11.5. The van der Waals surface area contributed by atoms with Gasteiger partial charge < -0.3 is 10.1 Å². The summed E-state index contributed by atoms with van der Waals surface area (Å²) in [5, 5.41) is 2.23.